The molecule has 3 N–H and O–H groups in total. The Balaban J connectivity index is 2.36. The standard InChI is InChI=1S/C13H25N3O2/c1-9-5-4-6-11(8-7-9)15-10(2)12(17)16-13(18)14-3/h9-11,15H,4-8H2,1-3H3,(H2,14,16,17,18). The average molecular weight is 255 g/mol. The highest BCUT2D eigenvalue weighted by atomic mass is 16.2. The molecule has 1 aliphatic rings. The van der Waals surface area contributed by atoms with Crippen molar-refractivity contribution in [1.29, 1.82) is 0 Å². The molecule has 0 aromatic carbocycles. The second-order valence-electron chi connectivity index (χ2n) is 5.27. The Morgan fingerprint density at radius 3 is 2.56 bits per heavy atom. The van der Waals surface area contributed by atoms with Crippen LogP contribution in [0.15, 0.2) is 0 Å². The SMILES string of the molecule is CNC(=O)NC(=O)C(C)NC1CCCC(C)CC1. The zero-order valence-corrected chi connectivity index (χ0v) is 11.6. The minimum absolute atomic E-state index is 0.272. The van der Waals surface area contributed by atoms with E-state index < -0.39 is 6.03 Å². The van der Waals surface area contributed by atoms with E-state index in [1.807, 2.05) is 0 Å². The third kappa shape index (κ3) is 5.04. The summed E-state index contributed by atoms with van der Waals surface area (Å²) in [7, 11) is 1.49. The molecule has 18 heavy (non-hydrogen) atoms. The molecule has 0 spiro atoms. The van der Waals surface area contributed by atoms with Gasteiger partial charge in [-0.25, -0.2) is 4.79 Å². The first-order valence-electron chi connectivity index (χ1n) is 6.81. The van der Waals surface area contributed by atoms with Crippen molar-refractivity contribution in [1.82, 2.24) is 16.0 Å². The van der Waals surface area contributed by atoms with E-state index in [0.29, 0.717) is 6.04 Å². The van der Waals surface area contributed by atoms with E-state index in [4.69, 9.17) is 0 Å². The molecule has 5 heteroatoms. The smallest absolute Gasteiger partial charge is 0.321 e. The lowest BCUT2D eigenvalue weighted by molar-refractivity contribution is -0.121. The fourth-order valence-electron chi connectivity index (χ4n) is 2.37. The molecule has 0 heterocycles. The summed E-state index contributed by atoms with van der Waals surface area (Å²) in [6, 6.07) is -0.399. The van der Waals surface area contributed by atoms with Crippen molar-refractivity contribution in [3.05, 3.63) is 0 Å². The van der Waals surface area contributed by atoms with Crippen molar-refractivity contribution in [3.8, 4) is 0 Å². The normalized spacial score (nSPS) is 25.9. The molecule has 3 amide bonds. The van der Waals surface area contributed by atoms with Crippen LogP contribution in [0.1, 0.15) is 46.0 Å². The number of nitrogens with one attached hydrogen (secondary N) is 3. The molecule has 104 valence electrons. The molecule has 0 aromatic heterocycles. The molecule has 0 aliphatic heterocycles. The van der Waals surface area contributed by atoms with Gasteiger partial charge in [0, 0.05) is 13.1 Å². The number of carbonyl (C=O) groups excluding carboxylic acids is 2. The molecule has 3 atom stereocenters. The Bertz CT molecular complexity index is 294. The molecule has 0 bridgehead atoms. The Kier molecular flexibility index (Phi) is 6.12. The maximum absolute atomic E-state index is 11.7. The molecular formula is C13H25N3O2. The highest BCUT2D eigenvalue weighted by Gasteiger charge is 2.21. The lowest BCUT2D eigenvalue weighted by Crippen LogP contribution is -2.49. The van der Waals surface area contributed by atoms with Gasteiger partial charge >= 0.3 is 6.03 Å². The summed E-state index contributed by atoms with van der Waals surface area (Å²) in [6.07, 6.45) is 5.92. The lowest BCUT2D eigenvalue weighted by atomic mass is 10.0. The van der Waals surface area contributed by atoms with Crippen LogP contribution in [0.2, 0.25) is 0 Å². The Morgan fingerprint density at radius 2 is 1.89 bits per heavy atom. The van der Waals surface area contributed by atoms with Gasteiger partial charge in [-0.1, -0.05) is 19.8 Å². The molecule has 3 unspecified atom stereocenters. The minimum Gasteiger partial charge on any atom is -0.341 e. The van der Waals surface area contributed by atoms with Crippen molar-refractivity contribution in [2.24, 2.45) is 5.92 Å². The quantitative estimate of drug-likeness (QED) is 0.667. The molecule has 0 aromatic rings. The number of hydrogen-bond donors (Lipinski definition) is 3. The minimum atomic E-state index is -0.455. The van der Waals surface area contributed by atoms with Gasteiger partial charge in [-0.2, -0.15) is 0 Å². The molecule has 0 saturated heterocycles. The first kappa shape index (κ1) is 15.0. The average Bonchev–Trinajstić information content (AvgIpc) is 2.54. The van der Waals surface area contributed by atoms with Gasteiger partial charge in [0.1, 0.15) is 0 Å². The van der Waals surface area contributed by atoms with E-state index in [2.05, 4.69) is 22.9 Å². The number of carbonyl (C=O) groups is 2. The highest BCUT2D eigenvalue weighted by Crippen LogP contribution is 2.22. The van der Waals surface area contributed by atoms with Gasteiger partial charge in [-0.15, -0.1) is 0 Å². The topological polar surface area (TPSA) is 70.2 Å². The van der Waals surface area contributed by atoms with E-state index in [1.54, 1.807) is 6.92 Å². The van der Waals surface area contributed by atoms with E-state index in [0.717, 1.165) is 18.8 Å². The van der Waals surface area contributed by atoms with E-state index >= 15 is 0 Å². The van der Waals surface area contributed by atoms with Gasteiger partial charge in [0.2, 0.25) is 5.91 Å². The Hall–Kier alpha value is -1.10. The number of amides is 3. The Labute approximate surface area is 109 Å². The van der Waals surface area contributed by atoms with Crippen LogP contribution in [0.4, 0.5) is 4.79 Å². The zero-order chi connectivity index (χ0) is 13.5. The number of rotatable bonds is 3. The molecule has 1 saturated carbocycles. The highest BCUT2D eigenvalue weighted by molar-refractivity contribution is 5.96. The predicted octanol–water partition coefficient (Wildman–Crippen LogP) is 1.39. The summed E-state index contributed by atoms with van der Waals surface area (Å²) in [5, 5.41) is 7.98. The monoisotopic (exact) mass is 255 g/mol. The number of urea groups is 1. The first-order chi connectivity index (χ1) is 8.52. The maximum atomic E-state index is 11.7. The van der Waals surface area contributed by atoms with Crippen molar-refractivity contribution in [2.75, 3.05) is 7.05 Å². The van der Waals surface area contributed by atoms with Crippen LogP contribution >= 0.6 is 0 Å². The molecular weight excluding hydrogens is 230 g/mol. The van der Waals surface area contributed by atoms with Crippen LogP contribution < -0.4 is 16.0 Å². The number of hydrogen-bond acceptors (Lipinski definition) is 3. The summed E-state index contributed by atoms with van der Waals surface area (Å²) in [5.74, 6) is 0.512. The summed E-state index contributed by atoms with van der Waals surface area (Å²) < 4.78 is 0. The molecule has 5 nitrogen and oxygen atoms in total. The van der Waals surface area contributed by atoms with E-state index in [1.165, 1.54) is 26.3 Å². The van der Waals surface area contributed by atoms with Crippen molar-refractivity contribution in [2.45, 2.75) is 58.0 Å². The van der Waals surface area contributed by atoms with Crippen LogP contribution in [-0.4, -0.2) is 31.1 Å². The van der Waals surface area contributed by atoms with Crippen LogP contribution in [0.25, 0.3) is 0 Å². The zero-order valence-electron chi connectivity index (χ0n) is 11.6. The largest absolute Gasteiger partial charge is 0.341 e. The second-order valence-corrected chi connectivity index (χ2v) is 5.27. The predicted molar refractivity (Wildman–Crippen MR) is 71.2 cm³/mol. The van der Waals surface area contributed by atoms with Crippen LogP contribution in [0.3, 0.4) is 0 Å². The van der Waals surface area contributed by atoms with Gasteiger partial charge < -0.3 is 10.6 Å². The maximum Gasteiger partial charge on any atom is 0.321 e. The van der Waals surface area contributed by atoms with Gasteiger partial charge in [0.25, 0.3) is 0 Å². The molecule has 1 fully saturated rings. The molecule has 1 aliphatic carbocycles. The fraction of sp³-hybridized carbons (Fsp3) is 0.846. The summed E-state index contributed by atoms with van der Waals surface area (Å²) >= 11 is 0. The Morgan fingerprint density at radius 1 is 1.17 bits per heavy atom. The van der Waals surface area contributed by atoms with Gasteiger partial charge in [0.05, 0.1) is 6.04 Å². The summed E-state index contributed by atoms with van der Waals surface area (Å²) in [6.45, 7) is 4.08. The van der Waals surface area contributed by atoms with Crippen LogP contribution in [-0.2, 0) is 4.79 Å². The lowest BCUT2D eigenvalue weighted by Gasteiger charge is -2.21. The third-order valence-corrected chi connectivity index (χ3v) is 3.60. The molecule has 0 radical (unpaired) electrons. The molecule has 1 rings (SSSR count). The van der Waals surface area contributed by atoms with Gasteiger partial charge in [-0.05, 0) is 32.1 Å². The second kappa shape index (κ2) is 7.36. The first-order valence-corrected chi connectivity index (χ1v) is 6.81. The van der Waals surface area contributed by atoms with E-state index in [-0.39, 0.29) is 11.9 Å². The number of imide groups is 1. The van der Waals surface area contributed by atoms with Crippen molar-refractivity contribution >= 4 is 11.9 Å². The summed E-state index contributed by atoms with van der Waals surface area (Å²) in [4.78, 5) is 22.7. The third-order valence-electron chi connectivity index (χ3n) is 3.60. The summed E-state index contributed by atoms with van der Waals surface area (Å²) in [5.41, 5.74) is 0. The van der Waals surface area contributed by atoms with Gasteiger partial charge in [-0.3, -0.25) is 10.1 Å². The van der Waals surface area contributed by atoms with Crippen LogP contribution in [0.5, 0.6) is 0 Å². The van der Waals surface area contributed by atoms with E-state index in [9.17, 15) is 9.59 Å². The fourth-order valence-corrected chi connectivity index (χ4v) is 2.37. The van der Waals surface area contributed by atoms with Crippen molar-refractivity contribution < 1.29 is 9.59 Å². The van der Waals surface area contributed by atoms with Gasteiger partial charge in [0.15, 0.2) is 0 Å². The van der Waals surface area contributed by atoms with Crippen LogP contribution in [0, 0.1) is 5.92 Å². The van der Waals surface area contributed by atoms with Crippen molar-refractivity contribution in [3.63, 3.8) is 0 Å².